The van der Waals surface area contributed by atoms with Crippen molar-refractivity contribution >= 4 is 10.9 Å². The van der Waals surface area contributed by atoms with Crippen LogP contribution in [0, 0.1) is 0 Å². The lowest BCUT2D eigenvalue weighted by atomic mass is 9.85. The molecule has 0 radical (unpaired) electrons. The van der Waals surface area contributed by atoms with Crippen LogP contribution in [0.5, 0.6) is 0 Å². The van der Waals surface area contributed by atoms with E-state index in [4.69, 9.17) is 5.73 Å². The van der Waals surface area contributed by atoms with Crippen molar-refractivity contribution in [2.75, 3.05) is 6.54 Å². The molecule has 2 heteroatoms. The van der Waals surface area contributed by atoms with E-state index in [9.17, 15) is 0 Å². The molecule has 0 amide bonds. The van der Waals surface area contributed by atoms with E-state index in [1.807, 2.05) is 0 Å². The number of fused-ring (bicyclic) bond motifs is 1. The Balaban J connectivity index is 2.17. The molecule has 1 aromatic heterocycles. The lowest BCUT2D eigenvalue weighted by molar-refractivity contribution is 0.591. The van der Waals surface area contributed by atoms with Gasteiger partial charge in [0.25, 0.3) is 0 Å². The molecule has 2 nitrogen and oxygen atoms in total. The summed E-state index contributed by atoms with van der Waals surface area (Å²) in [6, 6.07) is 6.77. The summed E-state index contributed by atoms with van der Waals surface area (Å²) in [6.07, 6.45) is 4.63. The fourth-order valence-electron chi connectivity index (χ4n) is 2.76. The predicted octanol–water partition coefficient (Wildman–Crippen LogP) is 3.46. The molecule has 3 N–H and O–H groups in total. The molecule has 0 bridgehead atoms. The van der Waals surface area contributed by atoms with Crippen molar-refractivity contribution < 1.29 is 0 Å². The summed E-state index contributed by atoms with van der Waals surface area (Å²) in [4.78, 5) is 3.39. The first-order chi connectivity index (χ1) is 8.46. The molecule has 1 heterocycles. The zero-order chi connectivity index (χ0) is 13.0. The van der Waals surface area contributed by atoms with Crippen LogP contribution in [-0.4, -0.2) is 11.5 Å². The van der Waals surface area contributed by atoms with Crippen LogP contribution in [0.4, 0.5) is 0 Å². The van der Waals surface area contributed by atoms with E-state index >= 15 is 0 Å². The maximum atomic E-state index is 5.96. The van der Waals surface area contributed by atoms with E-state index < -0.39 is 0 Å². The summed E-state index contributed by atoms with van der Waals surface area (Å²) in [7, 11) is 0. The molecule has 96 valence electrons. The number of aromatic amines is 1. The number of rotatable bonds is 2. The van der Waals surface area contributed by atoms with Gasteiger partial charge in [-0.25, -0.2) is 0 Å². The summed E-state index contributed by atoms with van der Waals surface area (Å²) >= 11 is 0. The third-order valence-corrected chi connectivity index (χ3v) is 4.36. The molecule has 1 aromatic carbocycles. The smallest absolute Gasteiger partial charge is 0.0457 e. The minimum absolute atomic E-state index is 0.197. The van der Waals surface area contributed by atoms with E-state index in [0.717, 1.165) is 6.54 Å². The molecule has 1 aliphatic rings. The Hall–Kier alpha value is -1.28. The fourth-order valence-corrected chi connectivity index (χ4v) is 2.76. The number of H-pyrrole nitrogens is 1. The molecule has 0 atom stereocenters. The van der Waals surface area contributed by atoms with E-state index in [1.165, 1.54) is 34.9 Å². The van der Waals surface area contributed by atoms with E-state index in [0.29, 0.717) is 0 Å². The molecule has 18 heavy (non-hydrogen) atoms. The highest BCUT2D eigenvalue weighted by atomic mass is 14.7. The Bertz CT molecular complexity index is 583. The van der Waals surface area contributed by atoms with Gasteiger partial charge in [-0.15, -0.1) is 0 Å². The van der Waals surface area contributed by atoms with Gasteiger partial charge in [-0.05, 0) is 41.5 Å². The molecule has 1 fully saturated rings. The molecule has 0 aliphatic heterocycles. The maximum Gasteiger partial charge on any atom is 0.0457 e. The number of nitrogens with one attached hydrogen (secondary N) is 1. The highest BCUT2D eigenvalue weighted by Crippen LogP contribution is 2.49. The first-order valence-electron chi connectivity index (χ1n) is 6.78. The average molecular weight is 242 g/mol. The van der Waals surface area contributed by atoms with Crippen LogP contribution in [-0.2, 0) is 10.8 Å². The summed E-state index contributed by atoms with van der Waals surface area (Å²) in [5.41, 5.74) is 10.5. The third-order valence-electron chi connectivity index (χ3n) is 4.36. The van der Waals surface area contributed by atoms with Crippen molar-refractivity contribution in [1.29, 1.82) is 0 Å². The molecule has 0 spiro atoms. The Labute approximate surface area is 109 Å². The van der Waals surface area contributed by atoms with Crippen LogP contribution in [0.15, 0.2) is 24.4 Å². The molecule has 0 saturated heterocycles. The quantitative estimate of drug-likeness (QED) is 0.832. The van der Waals surface area contributed by atoms with Crippen LogP contribution in [0.3, 0.4) is 0 Å². The van der Waals surface area contributed by atoms with Gasteiger partial charge in [0.1, 0.15) is 0 Å². The van der Waals surface area contributed by atoms with E-state index in [2.05, 4.69) is 50.2 Å². The van der Waals surface area contributed by atoms with Gasteiger partial charge in [-0.1, -0.05) is 26.8 Å². The highest BCUT2D eigenvalue weighted by molar-refractivity contribution is 5.85. The van der Waals surface area contributed by atoms with Crippen LogP contribution >= 0.6 is 0 Å². The minimum Gasteiger partial charge on any atom is -0.361 e. The SMILES string of the molecule is CC(C)(C)c1ccc2[nH]cc(C3(CN)CC3)c2c1. The van der Waals surface area contributed by atoms with Crippen molar-refractivity contribution in [2.24, 2.45) is 5.73 Å². The molecular weight excluding hydrogens is 220 g/mol. The van der Waals surface area contributed by atoms with Gasteiger partial charge in [0, 0.05) is 29.1 Å². The normalized spacial score (nSPS) is 18.2. The lowest BCUT2D eigenvalue weighted by Crippen LogP contribution is -2.19. The van der Waals surface area contributed by atoms with Crippen molar-refractivity contribution in [3.63, 3.8) is 0 Å². The third kappa shape index (κ3) is 1.67. The average Bonchev–Trinajstić information content (AvgIpc) is 3.00. The molecule has 0 unspecified atom stereocenters. The van der Waals surface area contributed by atoms with Crippen molar-refractivity contribution in [3.8, 4) is 0 Å². The maximum absolute atomic E-state index is 5.96. The van der Waals surface area contributed by atoms with Crippen molar-refractivity contribution in [3.05, 3.63) is 35.5 Å². The van der Waals surface area contributed by atoms with Gasteiger partial charge in [0.15, 0.2) is 0 Å². The van der Waals surface area contributed by atoms with E-state index in [-0.39, 0.29) is 10.8 Å². The largest absolute Gasteiger partial charge is 0.361 e. The number of hydrogen-bond donors (Lipinski definition) is 2. The van der Waals surface area contributed by atoms with Gasteiger partial charge in [-0.2, -0.15) is 0 Å². The second-order valence-electron chi connectivity index (χ2n) is 6.70. The Morgan fingerprint density at radius 1 is 1.28 bits per heavy atom. The number of nitrogens with two attached hydrogens (primary N) is 1. The minimum atomic E-state index is 0.197. The number of aromatic nitrogens is 1. The summed E-state index contributed by atoms with van der Waals surface area (Å²) in [5.74, 6) is 0. The highest BCUT2D eigenvalue weighted by Gasteiger charge is 2.44. The number of hydrogen-bond acceptors (Lipinski definition) is 1. The Kier molecular flexibility index (Phi) is 2.36. The Morgan fingerprint density at radius 2 is 2.00 bits per heavy atom. The zero-order valence-corrected chi connectivity index (χ0v) is 11.5. The van der Waals surface area contributed by atoms with Crippen LogP contribution < -0.4 is 5.73 Å². The van der Waals surface area contributed by atoms with Crippen LogP contribution in [0.2, 0.25) is 0 Å². The van der Waals surface area contributed by atoms with Gasteiger partial charge in [0.2, 0.25) is 0 Å². The van der Waals surface area contributed by atoms with Crippen LogP contribution in [0.1, 0.15) is 44.7 Å². The van der Waals surface area contributed by atoms with Crippen molar-refractivity contribution in [1.82, 2.24) is 4.98 Å². The first kappa shape index (κ1) is 11.8. The summed E-state index contributed by atoms with van der Waals surface area (Å²) < 4.78 is 0. The second kappa shape index (κ2) is 3.61. The van der Waals surface area contributed by atoms with Gasteiger partial charge < -0.3 is 10.7 Å². The molecule has 1 saturated carbocycles. The summed E-state index contributed by atoms with van der Waals surface area (Å²) in [6.45, 7) is 7.54. The topological polar surface area (TPSA) is 41.8 Å². The van der Waals surface area contributed by atoms with Gasteiger partial charge >= 0.3 is 0 Å². The van der Waals surface area contributed by atoms with Crippen LogP contribution in [0.25, 0.3) is 10.9 Å². The van der Waals surface area contributed by atoms with Gasteiger partial charge in [0.05, 0.1) is 0 Å². The predicted molar refractivity (Wildman–Crippen MR) is 77.0 cm³/mol. The summed E-state index contributed by atoms with van der Waals surface area (Å²) in [5, 5.41) is 1.37. The lowest BCUT2D eigenvalue weighted by Gasteiger charge is -2.20. The van der Waals surface area contributed by atoms with Gasteiger partial charge in [-0.3, -0.25) is 0 Å². The monoisotopic (exact) mass is 242 g/mol. The molecule has 2 aromatic rings. The van der Waals surface area contributed by atoms with E-state index in [1.54, 1.807) is 0 Å². The molecule has 1 aliphatic carbocycles. The second-order valence-corrected chi connectivity index (χ2v) is 6.70. The molecule has 3 rings (SSSR count). The zero-order valence-electron chi connectivity index (χ0n) is 11.5. The molecular formula is C16H22N2. The first-order valence-corrected chi connectivity index (χ1v) is 6.78. The van der Waals surface area contributed by atoms with Crippen molar-refractivity contribution in [2.45, 2.75) is 44.4 Å². The number of benzene rings is 1. The fraction of sp³-hybridized carbons (Fsp3) is 0.500. The standard InChI is InChI=1S/C16H22N2/c1-15(2,3)11-4-5-14-12(8-11)13(9-18-14)16(10-17)6-7-16/h4-5,8-9,18H,6-7,10,17H2,1-3H3. The Morgan fingerprint density at radius 3 is 2.56 bits per heavy atom.